The average molecular weight is 488 g/mol. The van der Waals surface area contributed by atoms with Crippen molar-refractivity contribution in [2.45, 2.75) is 31.2 Å². The number of amides is 1. The lowest BCUT2D eigenvalue weighted by Gasteiger charge is -2.36. The normalized spacial score (nSPS) is 19.8. The molecule has 1 unspecified atom stereocenters. The molecule has 2 aromatic carbocycles. The molecule has 2 aliphatic rings. The Morgan fingerprint density at radius 3 is 2.82 bits per heavy atom. The molecule has 0 radical (unpaired) electrons. The maximum absolute atomic E-state index is 13.7. The molecule has 2 aromatic heterocycles. The van der Waals surface area contributed by atoms with E-state index < -0.39 is 23.9 Å². The van der Waals surface area contributed by atoms with E-state index in [-0.39, 0.29) is 28.1 Å². The molecule has 0 aliphatic carbocycles. The summed E-state index contributed by atoms with van der Waals surface area (Å²) in [4.78, 5) is 23.8. The number of nitrogens with zero attached hydrogens (tertiary/aromatic N) is 4. The summed E-state index contributed by atoms with van der Waals surface area (Å²) in [5.41, 5.74) is 7.77. The molecule has 0 saturated carbocycles. The highest BCUT2D eigenvalue weighted by Gasteiger charge is 2.44. The van der Waals surface area contributed by atoms with E-state index in [9.17, 15) is 18.0 Å². The molecule has 174 valence electrons. The number of halogens is 4. The summed E-state index contributed by atoms with van der Waals surface area (Å²) in [6.45, 7) is 0.429. The standard InChI is InChI=1S/C23H17ClF3N5O2/c24-14-8-15-16(32-10-29-9-17(32)21(28)30-15)7-13(14)22(33)31-5-1-2-18-20(31)12-4-3-11(23(25,26)27)6-19(12)34-18/h3-4,6-10,18,20H,1-2,5H2,(H2,28,30)/t18?,20-/m0/s1. The molecule has 34 heavy (non-hydrogen) atoms. The number of ether oxygens (including phenoxy) is 1. The summed E-state index contributed by atoms with van der Waals surface area (Å²) in [6, 6.07) is 6.16. The number of carbonyl (C=O) groups excluding carboxylic acids is 1. The van der Waals surface area contributed by atoms with Gasteiger partial charge < -0.3 is 15.4 Å². The average Bonchev–Trinajstić information content (AvgIpc) is 3.42. The summed E-state index contributed by atoms with van der Waals surface area (Å²) < 4.78 is 47.1. The predicted octanol–water partition coefficient (Wildman–Crippen LogP) is 4.88. The third-order valence-corrected chi connectivity index (χ3v) is 6.78. The van der Waals surface area contributed by atoms with Gasteiger partial charge >= 0.3 is 6.18 Å². The smallest absolute Gasteiger partial charge is 0.416 e. The molecular weight excluding hydrogens is 471 g/mol. The predicted molar refractivity (Wildman–Crippen MR) is 119 cm³/mol. The minimum Gasteiger partial charge on any atom is -0.488 e. The first-order chi connectivity index (χ1) is 16.2. The summed E-state index contributed by atoms with van der Waals surface area (Å²) in [6.07, 6.45) is -0.451. The van der Waals surface area contributed by atoms with Crippen LogP contribution in [0.2, 0.25) is 5.02 Å². The van der Waals surface area contributed by atoms with Gasteiger partial charge in [-0.05, 0) is 37.1 Å². The third-order valence-electron chi connectivity index (χ3n) is 6.47. The van der Waals surface area contributed by atoms with Crippen LogP contribution in [-0.4, -0.2) is 37.8 Å². The van der Waals surface area contributed by atoms with Crippen molar-refractivity contribution in [1.82, 2.24) is 19.3 Å². The number of benzene rings is 2. The van der Waals surface area contributed by atoms with E-state index in [1.807, 2.05) is 0 Å². The number of piperidine rings is 1. The Morgan fingerprint density at radius 1 is 1.21 bits per heavy atom. The van der Waals surface area contributed by atoms with Gasteiger partial charge in [-0.3, -0.25) is 9.20 Å². The molecule has 4 aromatic rings. The summed E-state index contributed by atoms with van der Waals surface area (Å²) in [5, 5.41) is 0.206. The monoisotopic (exact) mass is 487 g/mol. The van der Waals surface area contributed by atoms with Crippen LogP contribution in [0.3, 0.4) is 0 Å². The highest BCUT2D eigenvalue weighted by molar-refractivity contribution is 6.34. The molecule has 1 fully saturated rings. The van der Waals surface area contributed by atoms with Crippen LogP contribution >= 0.6 is 11.6 Å². The van der Waals surface area contributed by atoms with Crippen LogP contribution in [0.5, 0.6) is 5.75 Å². The quantitative estimate of drug-likeness (QED) is 0.414. The molecule has 2 N–H and O–H groups in total. The number of rotatable bonds is 1. The number of hydrogen-bond donors (Lipinski definition) is 1. The first-order valence-electron chi connectivity index (χ1n) is 10.6. The van der Waals surface area contributed by atoms with Gasteiger partial charge in [0.15, 0.2) is 0 Å². The number of hydrogen-bond acceptors (Lipinski definition) is 5. The fraction of sp³-hybridized carbons (Fsp3) is 0.261. The number of fused-ring (bicyclic) bond motifs is 6. The maximum Gasteiger partial charge on any atom is 0.416 e. The van der Waals surface area contributed by atoms with E-state index in [0.29, 0.717) is 41.5 Å². The van der Waals surface area contributed by atoms with Crippen LogP contribution < -0.4 is 10.5 Å². The second kappa shape index (κ2) is 7.23. The minimum atomic E-state index is -4.48. The molecule has 1 amide bonds. The number of nitrogen functional groups attached to an aromatic ring is 1. The molecule has 0 bridgehead atoms. The van der Waals surface area contributed by atoms with Crippen molar-refractivity contribution in [2.75, 3.05) is 12.3 Å². The molecule has 11 heteroatoms. The van der Waals surface area contributed by atoms with Crippen molar-refractivity contribution in [2.24, 2.45) is 0 Å². The fourth-order valence-electron chi connectivity index (χ4n) is 4.92. The van der Waals surface area contributed by atoms with Gasteiger partial charge in [-0.15, -0.1) is 0 Å². The van der Waals surface area contributed by atoms with Crippen molar-refractivity contribution in [1.29, 1.82) is 0 Å². The Hall–Kier alpha value is -3.53. The Labute approximate surface area is 195 Å². The fourth-order valence-corrected chi connectivity index (χ4v) is 5.15. The van der Waals surface area contributed by atoms with Gasteiger partial charge in [0.25, 0.3) is 5.91 Å². The van der Waals surface area contributed by atoms with E-state index >= 15 is 0 Å². The highest BCUT2D eigenvalue weighted by Crippen LogP contribution is 2.47. The van der Waals surface area contributed by atoms with Gasteiger partial charge in [0.05, 0.1) is 45.7 Å². The lowest BCUT2D eigenvalue weighted by Crippen LogP contribution is -2.44. The van der Waals surface area contributed by atoms with E-state index in [4.69, 9.17) is 22.1 Å². The van der Waals surface area contributed by atoms with E-state index in [1.54, 1.807) is 34.0 Å². The van der Waals surface area contributed by atoms with Crippen molar-refractivity contribution in [3.8, 4) is 5.75 Å². The third kappa shape index (κ3) is 3.08. The number of nitrogens with two attached hydrogens (primary N) is 1. The summed E-state index contributed by atoms with van der Waals surface area (Å²) in [7, 11) is 0. The Kier molecular flexibility index (Phi) is 4.47. The molecule has 2 atom stereocenters. The van der Waals surface area contributed by atoms with Gasteiger partial charge in [0, 0.05) is 12.1 Å². The highest BCUT2D eigenvalue weighted by atomic mass is 35.5. The van der Waals surface area contributed by atoms with Crippen LogP contribution in [0.4, 0.5) is 19.0 Å². The second-order valence-corrected chi connectivity index (χ2v) is 8.87. The van der Waals surface area contributed by atoms with Crippen molar-refractivity contribution < 1.29 is 22.7 Å². The topological polar surface area (TPSA) is 85.8 Å². The summed E-state index contributed by atoms with van der Waals surface area (Å²) in [5.74, 6) is 0.119. The van der Waals surface area contributed by atoms with Gasteiger partial charge in [-0.2, -0.15) is 13.2 Å². The van der Waals surface area contributed by atoms with Crippen molar-refractivity contribution in [3.05, 3.63) is 64.6 Å². The Bertz CT molecular complexity index is 1490. The molecule has 6 rings (SSSR count). The van der Waals surface area contributed by atoms with Gasteiger partial charge in [-0.25, -0.2) is 9.97 Å². The molecule has 4 heterocycles. The zero-order chi connectivity index (χ0) is 23.8. The Morgan fingerprint density at radius 2 is 2.03 bits per heavy atom. The molecule has 0 spiro atoms. The van der Waals surface area contributed by atoms with E-state index in [0.717, 1.165) is 12.1 Å². The Balaban J connectivity index is 1.43. The first kappa shape index (κ1) is 21.0. The van der Waals surface area contributed by atoms with E-state index in [1.165, 1.54) is 6.07 Å². The van der Waals surface area contributed by atoms with Gasteiger partial charge in [-0.1, -0.05) is 17.7 Å². The number of likely N-dealkylation sites (tertiary alicyclic amines) is 1. The zero-order valence-electron chi connectivity index (χ0n) is 17.5. The van der Waals surface area contributed by atoms with Crippen molar-refractivity contribution >= 4 is 39.9 Å². The van der Waals surface area contributed by atoms with Crippen LogP contribution in [-0.2, 0) is 6.18 Å². The molecule has 7 nitrogen and oxygen atoms in total. The lowest BCUT2D eigenvalue weighted by molar-refractivity contribution is -0.137. The number of alkyl halides is 3. The molecule has 2 aliphatic heterocycles. The van der Waals surface area contributed by atoms with Crippen LogP contribution in [0.25, 0.3) is 16.6 Å². The maximum atomic E-state index is 13.7. The van der Waals surface area contributed by atoms with Gasteiger partial charge in [0.2, 0.25) is 0 Å². The zero-order valence-corrected chi connectivity index (χ0v) is 18.3. The van der Waals surface area contributed by atoms with Gasteiger partial charge in [0.1, 0.15) is 23.2 Å². The second-order valence-electron chi connectivity index (χ2n) is 8.46. The number of carbonyl (C=O) groups is 1. The lowest BCUT2D eigenvalue weighted by atomic mass is 9.93. The van der Waals surface area contributed by atoms with Crippen LogP contribution in [0, 0.1) is 0 Å². The summed E-state index contributed by atoms with van der Waals surface area (Å²) >= 11 is 6.50. The largest absolute Gasteiger partial charge is 0.488 e. The first-order valence-corrected chi connectivity index (χ1v) is 11.0. The SMILES string of the molecule is Nc1nc2cc(Cl)c(C(=O)N3CCCC4Oc5cc(C(F)(F)F)ccc5[C@@H]43)cc2n2cncc12. The van der Waals surface area contributed by atoms with E-state index in [2.05, 4.69) is 9.97 Å². The minimum absolute atomic E-state index is 0.161. The van der Waals surface area contributed by atoms with Crippen molar-refractivity contribution in [3.63, 3.8) is 0 Å². The number of aromatic nitrogens is 3. The molecule has 1 saturated heterocycles. The number of imidazole rings is 1. The van der Waals surface area contributed by atoms with Crippen LogP contribution in [0.15, 0.2) is 42.9 Å². The number of anilines is 1. The molecular formula is C23H17ClF3N5O2. The van der Waals surface area contributed by atoms with Crippen LogP contribution in [0.1, 0.15) is 40.4 Å².